The molecule has 2 aromatic carbocycles. The van der Waals surface area contributed by atoms with Gasteiger partial charge in [-0.15, -0.1) is 0 Å². The number of rotatable bonds is 6. The highest BCUT2D eigenvalue weighted by Crippen LogP contribution is 2.30. The fourth-order valence-corrected chi connectivity index (χ4v) is 3.56. The van der Waals surface area contributed by atoms with Crippen LogP contribution in [0.1, 0.15) is 15.9 Å². The molecule has 0 aliphatic heterocycles. The van der Waals surface area contributed by atoms with Crippen molar-refractivity contribution in [3.05, 3.63) is 62.7 Å². The second kappa shape index (κ2) is 7.81. The van der Waals surface area contributed by atoms with Crippen LogP contribution in [0.15, 0.2) is 41.3 Å². The molecule has 2 N–H and O–H groups in total. The molecular weight excluding hydrogens is 384 g/mol. The Balaban J connectivity index is 2.39. The number of nitro groups is 1. The summed E-state index contributed by atoms with van der Waals surface area (Å²) in [5.41, 5.74) is 0.224. The molecule has 2 aromatic rings. The number of anilines is 1. The van der Waals surface area contributed by atoms with Crippen LogP contribution in [0.2, 0.25) is 5.02 Å². The molecule has 8 nitrogen and oxygen atoms in total. The minimum absolute atomic E-state index is 0.0108. The molecule has 0 heterocycles. The summed E-state index contributed by atoms with van der Waals surface area (Å²) in [4.78, 5) is 22.4. The smallest absolute Gasteiger partial charge is 0.283 e. The molecule has 0 saturated heterocycles. The largest absolute Gasteiger partial charge is 0.396 e. The van der Waals surface area contributed by atoms with Crippen LogP contribution in [0, 0.1) is 10.1 Å². The number of benzene rings is 2. The Kier molecular flexibility index (Phi) is 5.96. The van der Waals surface area contributed by atoms with Gasteiger partial charge in [-0.25, -0.2) is 8.42 Å². The predicted octanol–water partition coefficient (Wildman–Crippen LogP) is 2.44. The molecule has 0 spiro atoms. The number of nitrogens with one attached hydrogen (secondary N) is 1. The van der Waals surface area contributed by atoms with E-state index in [9.17, 15) is 23.3 Å². The van der Waals surface area contributed by atoms with E-state index < -0.39 is 31.3 Å². The van der Waals surface area contributed by atoms with Gasteiger partial charge in [0.25, 0.3) is 11.6 Å². The van der Waals surface area contributed by atoms with Crippen LogP contribution in [-0.4, -0.2) is 37.2 Å². The van der Waals surface area contributed by atoms with E-state index in [0.717, 1.165) is 24.0 Å². The first-order valence-electron chi connectivity index (χ1n) is 7.32. The monoisotopic (exact) mass is 398 g/mol. The molecule has 0 saturated carbocycles. The third kappa shape index (κ3) is 4.57. The van der Waals surface area contributed by atoms with Gasteiger partial charge in [-0.3, -0.25) is 14.9 Å². The highest BCUT2D eigenvalue weighted by Gasteiger charge is 2.26. The van der Waals surface area contributed by atoms with Gasteiger partial charge in [-0.1, -0.05) is 23.7 Å². The topological polar surface area (TPSA) is 127 Å². The third-order valence-electron chi connectivity index (χ3n) is 3.50. The van der Waals surface area contributed by atoms with Crippen molar-refractivity contribution < 1.29 is 23.2 Å². The molecule has 26 heavy (non-hydrogen) atoms. The number of nitro benzene ring substituents is 1. The summed E-state index contributed by atoms with van der Waals surface area (Å²) in [5.74, 6) is -0.798. The van der Waals surface area contributed by atoms with E-state index in [1.807, 2.05) is 0 Å². The second-order valence-electron chi connectivity index (χ2n) is 5.45. The van der Waals surface area contributed by atoms with Gasteiger partial charge in [-0.05, 0) is 30.2 Å². The Morgan fingerprint density at radius 3 is 2.38 bits per heavy atom. The zero-order valence-electron chi connectivity index (χ0n) is 13.6. The molecule has 10 heteroatoms. The van der Waals surface area contributed by atoms with Crippen LogP contribution in [0.25, 0.3) is 0 Å². The fourth-order valence-electron chi connectivity index (χ4n) is 2.24. The van der Waals surface area contributed by atoms with E-state index in [2.05, 4.69) is 5.32 Å². The van der Waals surface area contributed by atoms with E-state index in [1.165, 1.54) is 0 Å². The van der Waals surface area contributed by atoms with Crippen molar-refractivity contribution >= 4 is 38.7 Å². The lowest BCUT2D eigenvalue weighted by atomic mass is 10.1. The summed E-state index contributed by atoms with van der Waals surface area (Å²) in [6, 6.07) is 8.30. The quantitative estimate of drug-likeness (QED) is 0.568. The van der Waals surface area contributed by atoms with E-state index in [0.29, 0.717) is 12.1 Å². The number of aliphatic hydroxyl groups is 1. The lowest BCUT2D eigenvalue weighted by molar-refractivity contribution is -0.385. The van der Waals surface area contributed by atoms with Crippen LogP contribution in [0.5, 0.6) is 0 Å². The van der Waals surface area contributed by atoms with Gasteiger partial charge in [-0.2, -0.15) is 0 Å². The summed E-state index contributed by atoms with van der Waals surface area (Å²) in [5, 5.41) is 22.3. The molecule has 0 bridgehead atoms. The third-order valence-corrected chi connectivity index (χ3v) is 5.06. The number of amides is 1. The Hall–Kier alpha value is -2.49. The summed E-state index contributed by atoms with van der Waals surface area (Å²) in [7, 11) is -3.79. The number of nitrogens with zero attached hydrogens (tertiary/aromatic N) is 1. The molecule has 0 aliphatic carbocycles. The minimum Gasteiger partial charge on any atom is -0.396 e. The van der Waals surface area contributed by atoms with E-state index in [4.69, 9.17) is 16.7 Å². The first kappa shape index (κ1) is 19.8. The number of hydrogen-bond donors (Lipinski definition) is 2. The van der Waals surface area contributed by atoms with Crippen molar-refractivity contribution in [2.75, 3.05) is 18.2 Å². The van der Waals surface area contributed by atoms with Gasteiger partial charge in [0, 0.05) is 24.6 Å². The Bertz CT molecular complexity index is 957. The van der Waals surface area contributed by atoms with Crippen LogP contribution in [0.4, 0.5) is 11.4 Å². The number of hydrogen-bond acceptors (Lipinski definition) is 6. The Labute approximate surface area is 154 Å². The molecule has 2 rings (SSSR count). The maximum absolute atomic E-state index is 12.4. The lowest BCUT2D eigenvalue weighted by Crippen LogP contribution is -2.15. The molecule has 0 radical (unpaired) electrons. The molecule has 0 unspecified atom stereocenters. The maximum atomic E-state index is 12.4. The molecule has 1 amide bonds. The van der Waals surface area contributed by atoms with Crippen LogP contribution in [0.3, 0.4) is 0 Å². The summed E-state index contributed by atoms with van der Waals surface area (Å²) >= 11 is 5.89. The summed E-state index contributed by atoms with van der Waals surface area (Å²) in [6.45, 7) is -0.0108. The van der Waals surface area contributed by atoms with Crippen LogP contribution < -0.4 is 5.32 Å². The van der Waals surface area contributed by atoms with Gasteiger partial charge in [0.05, 0.1) is 14.8 Å². The van der Waals surface area contributed by atoms with Gasteiger partial charge in [0.2, 0.25) is 0 Å². The summed E-state index contributed by atoms with van der Waals surface area (Å²) in [6.07, 6.45) is 1.33. The lowest BCUT2D eigenvalue weighted by Gasteiger charge is -2.09. The van der Waals surface area contributed by atoms with Crippen molar-refractivity contribution in [1.29, 1.82) is 0 Å². The van der Waals surface area contributed by atoms with Gasteiger partial charge in [0.15, 0.2) is 9.84 Å². The Morgan fingerprint density at radius 1 is 1.27 bits per heavy atom. The molecule has 0 aliphatic rings. The standard InChI is InChI=1S/C16H15ClN2O6S/c1-26(24,25)15-9-14(19(22)23)12(8-13(15)17)16(21)18-11-4-2-10(3-5-11)6-7-20/h2-5,8-9,20H,6-7H2,1H3,(H,18,21). The van der Waals surface area contributed by atoms with Crippen LogP contribution >= 0.6 is 11.6 Å². The normalized spacial score (nSPS) is 11.2. The van der Waals surface area contributed by atoms with E-state index in [-0.39, 0.29) is 17.2 Å². The number of aliphatic hydroxyl groups excluding tert-OH is 1. The van der Waals surface area contributed by atoms with Crippen molar-refractivity contribution in [3.63, 3.8) is 0 Å². The predicted molar refractivity (Wildman–Crippen MR) is 96.4 cm³/mol. The number of carbonyl (C=O) groups is 1. The van der Waals surface area contributed by atoms with Gasteiger partial charge >= 0.3 is 0 Å². The van der Waals surface area contributed by atoms with Crippen molar-refractivity contribution in [1.82, 2.24) is 0 Å². The molecule has 138 valence electrons. The number of carbonyl (C=O) groups excluding carboxylic acids is 1. The second-order valence-corrected chi connectivity index (χ2v) is 7.85. The van der Waals surface area contributed by atoms with Crippen molar-refractivity contribution in [3.8, 4) is 0 Å². The zero-order valence-corrected chi connectivity index (χ0v) is 15.2. The molecule has 0 fully saturated rings. The van der Waals surface area contributed by atoms with E-state index in [1.54, 1.807) is 24.3 Å². The first-order chi connectivity index (χ1) is 12.1. The zero-order chi connectivity index (χ0) is 19.5. The van der Waals surface area contributed by atoms with Gasteiger partial charge < -0.3 is 10.4 Å². The average Bonchev–Trinajstić information content (AvgIpc) is 2.55. The fraction of sp³-hybridized carbons (Fsp3) is 0.188. The molecular formula is C16H15ClN2O6S. The number of sulfone groups is 1. The molecule has 0 atom stereocenters. The highest BCUT2D eigenvalue weighted by molar-refractivity contribution is 7.90. The average molecular weight is 399 g/mol. The Morgan fingerprint density at radius 2 is 1.88 bits per heavy atom. The highest BCUT2D eigenvalue weighted by atomic mass is 35.5. The minimum atomic E-state index is -3.79. The first-order valence-corrected chi connectivity index (χ1v) is 9.59. The number of halogens is 1. The van der Waals surface area contributed by atoms with Crippen molar-refractivity contribution in [2.24, 2.45) is 0 Å². The maximum Gasteiger partial charge on any atom is 0.283 e. The van der Waals surface area contributed by atoms with Gasteiger partial charge in [0.1, 0.15) is 5.56 Å². The molecule has 0 aromatic heterocycles. The van der Waals surface area contributed by atoms with Crippen molar-refractivity contribution in [2.45, 2.75) is 11.3 Å². The van der Waals surface area contributed by atoms with E-state index >= 15 is 0 Å². The SMILES string of the molecule is CS(=O)(=O)c1cc([N+](=O)[O-])c(C(=O)Nc2ccc(CCO)cc2)cc1Cl. The van der Waals surface area contributed by atoms with Crippen LogP contribution in [-0.2, 0) is 16.3 Å². The summed E-state index contributed by atoms with van der Waals surface area (Å²) < 4.78 is 23.3.